The molecule has 1 aliphatic carbocycles. The molecule has 3 fully saturated rings. The summed E-state index contributed by atoms with van der Waals surface area (Å²) in [5, 5.41) is 3.63. The third kappa shape index (κ3) is 2.35. The van der Waals surface area contributed by atoms with Gasteiger partial charge in [-0.3, -0.25) is 0 Å². The summed E-state index contributed by atoms with van der Waals surface area (Å²) >= 11 is 0. The lowest BCUT2D eigenvalue weighted by atomic mass is 9.90. The fraction of sp³-hybridized carbons (Fsp3) is 1.00. The lowest BCUT2D eigenvalue weighted by molar-refractivity contribution is 0.0357. The summed E-state index contributed by atoms with van der Waals surface area (Å²) in [4.78, 5) is 0. The van der Waals surface area contributed by atoms with Crippen molar-refractivity contribution in [3.05, 3.63) is 0 Å². The molecule has 0 spiro atoms. The van der Waals surface area contributed by atoms with E-state index < -0.39 is 0 Å². The zero-order chi connectivity index (χ0) is 10.1. The summed E-state index contributed by atoms with van der Waals surface area (Å²) < 4.78 is 11.3. The number of hydrogen-bond donors (Lipinski definition) is 1. The van der Waals surface area contributed by atoms with Gasteiger partial charge in [-0.15, -0.1) is 0 Å². The highest BCUT2D eigenvalue weighted by Crippen LogP contribution is 2.31. The van der Waals surface area contributed by atoms with Crippen molar-refractivity contribution in [3.8, 4) is 0 Å². The van der Waals surface area contributed by atoms with E-state index in [1.165, 1.54) is 25.7 Å². The maximum Gasteiger partial charge on any atom is 0.0667 e. The van der Waals surface area contributed by atoms with Crippen molar-refractivity contribution in [2.75, 3.05) is 26.4 Å². The number of rotatable bonds is 4. The van der Waals surface area contributed by atoms with Crippen LogP contribution >= 0.6 is 0 Å². The molecule has 1 N–H and O–H groups in total. The number of hydrogen-bond acceptors (Lipinski definition) is 3. The van der Waals surface area contributed by atoms with Crippen molar-refractivity contribution in [2.45, 2.75) is 37.8 Å². The fourth-order valence-corrected chi connectivity index (χ4v) is 2.81. The van der Waals surface area contributed by atoms with Crippen LogP contribution in [-0.2, 0) is 9.47 Å². The molecule has 0 bridgehead atoms. The maximum atomic E-state index is 5.88. The van der Waals surface area contributed by atoms with E-state index in [0.717, 1.165) is 38.3 Å². The molecule has 2 saturated heterocycles. The monoisotopic (exact) mass is 211 g/mol. The Labute approximate surface area is 91.5 Å². The van der Waals surface area contributed by atoms with Crippen LogP contribution in [0.4, 0.5) is 0 Å². The van der Waals surface area contributed by atoms with Gasteiger partial charge in [0.1, 0.15) is 0 Å². The molecule has 0 amide bonds. The highest BCUT2D eigenvalue weighted by molar-refractivity contribution is 4.88. The first-order chi connectivity index (χ1) is 7.43. The van der Waals surface area contributed by atoms with Crippen LogP contribution < -0.4 is 5.32 Å². The first-order valence-corrected chi connectivity index (χ1v) is 6.36. The Balaban J connectivity index is 1.51. The maximum absolute atomic E-state index is 5.88. The van der Waals surface area contributed by atoms with Gasteiger partial charge in [-0.2, -0.15) is 0 Å². The van der Waals surface area contributed by atoms with Gasteiger partial charge in [0, 0.05) is 37.6 Å². The zero-order valence-electron chi connectivity index (χ0n) is 9.28. The van der Waals surface area contributed by atoms with Crippen molar-refractivity contribution in [2.24, 2.45) is 11.8 Å². The molecule has 2 aliphatic heterocycles. The number of nitrogens with one attached hydrogen (secondary N) is 1. The summed E-state index contributed by atoms with van der Waals surface area (Å²) in [7, 11) is 0. The minimum atomic E-state index is 0.471. The van der Waals surface area contributed by atoms with Crippen LogP contribution in [0.25, 0.3) is 0 Å². The largest absolute Gasteiger partial charge is 0.381 e. The van der Waals surface area contributed by atoms with Gasteiger partial charge in [0.15, 0.2) is 0 Å². The lowest BCUT2D eigenvalue weighted by Gasteiger charge is -2.23. The zero-order valence-corrected chi connectivity index (χ0v) is 9.28. The predicted molar refractivity (Wildman–Crippen MR) is 57.8 cm³/mol. The Morgan fingerprint density at radius 3 is 2.73 bits per heavy atom. The molecule has 0 aromatic carbocycles. The average Bonchev–Trinajstić information content (AvgIpc) is 2.79. The second-order valence-corrected chi connectivity index (χ2v) is 5.19. The van der Waals surface area contributed by atoms with Gasteiger partial charge in [-0.1, -0.05) is 0 Å². The molecule has 3 nitrogen and oxygen atoms in total. The molecule has 15 heavy (non-hydrogen) atoms. The van der Waals surface area contributed by atoms with E-state index in [-0.39, 0.29) is 0 Å². The smallest absolute Gasteiger partial charge is 0.0667 e. The van der Waals surface area contributed by atoms with Crippen molar-refractivity contribution < 1.29 is 9.47 Å². The van der Waals surface area contributed by atoms with Crippen LogP contribution in [0, 0.1) is 11.8 Å². The van der Waals surface area contributed by atoms with Gasteiger partial charge in [0.05, 0.1) is 12.7 Å². The normalized spacial score (nSPS) is 41.2. The highest BCUT2D eigenvalue weighted by Gasteiger charge is 2.37. The first-order valence-electron chi connectivity index (χ1n) is 6.36. The predicted octanol–water partition coefficient (Wildman–Crippen LogP) is 1.18. The molecule has 3 rings (SSSR count). The van der Waals surface area contributed by atoms with E-state index in [1.807, 2.05) is 0 Å². The van der Waals surface area contributed by atoms with Gasteiger partial charge < -0.3 is 14.8 Å². The molecule has 86 valence electrons. The van der Waals surface area contributed by atoms with Crippen LogP contribution in [0.1, 0.15) is 25.7 Å². The molecule has 0 aromatic heterocycles. The van der Waals surface area contributed by atoms with Crippen LogP contribution in [0.5, 0.6) is 0 Å². The molecule has 3 aliphatic rings. The van der Waals surface area contributed by atoms with Crippen molar-refractivity contribution in [1.29, 1.82) is 0 Å². The molecule has 3 unspecified atom stereocenters. The second kappa shape index (κ2) is 4.40. The van der Waals surface area contributed by atoms with Crippen LogP contribution in [0.3, 0.4) is 0 Å². The molecule has 1 saturated carbocycles. The quantitative estimate of drug-likeness (QED) is 0.757. The SMILES string of the molecule is C1CC(C2OCCC2CNC2CC2)CO1. The second-order valence-electron chi connectivity index (χ2n) is 5.19. The van der Waals surface area contributed by atoms with E-state index in [0.29, 0.717) is 12.0 Å². The Morgan fingerprint density at radius 1 is 1.07 bits per heavy atom. The summed E-state index contributed by atoms with van der Waals surface area (Å²) in [6, 6.07) is 0.825. The molecule has 0 radical (unpaired) electrons. The average molecular weight is 211 g/mol. The Morgan fingerprint density at radius 2 is 2.00 bits per heavy atom. The highest BCUT2D eigenvalue weighted by atomic mass is 16.5. The molecule has 2 heterocycles. The molecule has 0 aromatic rings. The number of ether oxygens (including phenoxy) is 2. The minimum Gasteiger partial charge on any atom is -0.381 e. The fourth-order valence-electron chi connectivity index (χ4n) is 2.81. The van der Waals surface area contributed by atoms with Crippen LogP contribution in [0.2, 0.25) is 0 Å². The molecule has 3 atom stereocenters. The van der Waals surface area contributed by atoms with Gasteiger partial charge >= 0.3 is 0 Å². The van der Waals surface area contributed by atoms with Gasteiger partial charge in [-0.05, 0) is 25.7 Å². The Kier molecular flexibility index (Phi) is 2.95. The standard InChI is InChI=1S/C12H21NO2/c1-2-11(1)13-7-9-4-6-15-12(9)10-3-5-14-8-10/h9-13H,1-8H2. The Hall–Kier alpha value is -0.120. The lowest BCUT2D eigenvalue weighted by Crippen LogP contribution is -2.34. The van der Waals surface area contributed by atoms with E-state index in [9.17, 15) is 0 Å². The van der Waals surface area contributed by atoms with Crippen LogP contribution in [-0.4, -0.2) is 38.5 Å². The molecular weight excluding hydrogens is 190 g/mol. The van der Waals surface area contributed by atoms with Crippen molar-refractivity contribution in [3.63, 3.8) is 0 Å². The van der Waals surface area contributed by atoms with Crippen molar-refractivity contribution in [1.82, 2.24) is 5.32 Å². The van der Waals surface area contributed by atoms with Crippen molar-refractivity contribution >= 4 is 0 Å². The summed E-state index contributed by atoms with van der Waals surface area (Å²) in [5.41, 5.74) is 0. The molecular formula is C12H21NO2. The summed E-state index contributed by atoms with van der Waals surface area (Å²) in [5.74, 6) is 1.40. The minimum absolute atomic E-state index is 0.471. The van der Waals surface area contributed by atoms with E-state index in [4.69, 9.17) is 9.47 Å². The molecule has 3 heteroatoms. The van der Waals surface area contributed by atoms with Gasteiger partial charge in [-0.25, -0.2) is 0 Å². The van der Waals surface area contributed by atoms with E-state index >= 15 is 0 Å². The van der Waals surface area contributed by atoms with E-state index in [2.05, 4.69) is 5.32 Å². The topological polar surface area (TPSA) is 30.5 Å². The van der Waals surface area contributed by atoms with Gasteiger partial charge in [0.25, 0.3) is 0 Å². The van der Waals surface area contributed by atoms with Crippen LogP contribution in [0.15, 0.2) is 0 Å². The summed E-state index contributed by atoms with van der Waals surface area (Å²) in [6.07, 6.45) is 5.67. The Bertz CT molecular complexity index is 212. The first kappa shape index (κ1) is 10.1. The van der Waals surface area contributed by atoms with E-state index in [1.54, 1.807) is 0 Å². The summed E-state index contributed by atoms with van der Waals surface area (Å²) in [6.45, 7) is 3.97. The third-order valence-electron chi connectivity index (χ3n) is 3.94. The third-order valence-corrected chi connectivity index (χ3v) is 3.94. The van der Waals surface area contributed by atoms with Gasteiger partial charge in [0.2, 0.25) is 0 Å².